The number of nitrogens with zero attached hydrogens (tertiary/aromatic N) is 1. The van der Waals surface area contributed by atoms with Gasteiger partial charge >= 0.3 is 0 Å². The van der Waals surface area contributed by atoms with Crippen molar-refractivity contribution in [3.63, 3.8) is 0 Å². The fourth-order valence-electron chi connectivity index (χ4n) is 1.60. The minimum absolute atomic E-state index is 0.0728. The summed E-state index contributed by atoms with van der Waals surface area (Å²) >= 11 is 13.4. The number of aliphatic hydroxyl groups is 1. The number of hydrogen-bond acceptors (Lipinski definition) is 3. The summed E-state index contributed by atoms with van der Waals surface area (Å²) in [7, 11) is 1.63. The topological polar surface area (TPSA) is 40.5 Å². The summed E-state index contributed by atoms with van der Waals surface area (Å²) in [5.74, 6) is -0.189. The van der Waals surface area contributed by atoms with E-state index >= 15 is 0 Å². The zero-order valence-corrected chi connectivity index (χ0v) is 11.9. The van der Waals surface area contributed by atoms with E-state index < -0.39 is 0 Å². The highest BCUT2D eigenvalue weighted by atomic mass is 35.5. The Morgan fingerprint density at radius 3 is 2.83 bits per heavy atom. The zero-order valence-electron chi connectivity index (χ0n) is 9.61. The first-order valence-corrected chi connectivity index (χ1v) is 6.85. The molecule has 0 bridgehead atoms. The van der Waals surface area contributed by atoms with E-state index in [4.69, 9.17) is 28.3 Å². The van der Waals surface area contributed by atoms with Gasteiger partial charge in [0.1, 0.15) is 4.88 Å². The Morgan fingerprint density at radius 1 is 1.44 bits per heavy atom. The first kappa shape index (κ1) is 13.6. The lowest BCUT2D eigenvalue weighted by Crippen LogP contribution is -2.28. The van der Waals surface area contributed by atoms with Gasteiger partial charge in [0, 0.05) is 28.7 Å². The molecule has 6 heteroatoms. The molecule has 1 aromatic carbocycles. The van der Waals surface area contributed by atoms with Crippen molar-refractivity contribution < 1.29 is 9.90 Å². The molecule has 0 radical (unpaired) electrons. The number of benzene rings is 1. The molecule has 0 saturated heterocycles. The second kappa shape index (κ2) is 5.45. The highest BCUT2D eigenvalue weighted by Crippen LogP contribution is 2.37. The van der Waals surface area contributed by atoms with Crippen molar-refractivity contribution in [1.29, 1.82) is 0 Å². The van der Waals surface area contributed by atoms with Gasteiger partial charge in [0.05, 0.1) is 11.6 Å². The van der Waals surface area contributed by atoms with E-state index in [9.17, 15) is 4.79 Å². The quantitative estimate of drug-likeness (QED) is 0.945. The van der Waals surface area contributed by atoms with Gasteiger partial charge in [-0.25, -0.2) is 0 Å². The van der Waals surface area contributed by atoms with Crippen LogP contribution < -0.4 is 0 Å². The molecule has 0 fully saturated rings. The summed E-state index contributed by atoms with van der Waals surface area (Å²) < 4.78 is 0.883. The largest absolute Gasteiger partial charge is 0.395 e. The summed E-state index contributed by atoms with van der Waals surface area (Å²) in [6, 6.07) is 5.34. The Kier molecular flexibility index (Phi) is 4.12. The highest BCUT2D eigenvalue weighted by molar-refractivity contribution is 7.21. The molecule has 0 atom stereocenters. The number of thiophene rings is 1. The molecule has 2 rings (SSSR count). The molecule has 2 aromatic rings. The van der Waals surface area contributed by atoms with E-state index in [1.54, 1.807) is 25.2 Å². The minimum atomic E-state index is -0.189. The van der Waals surface area contributed by atoms with Gasteiger partial charge < -0.3 is 10.0 Å². The van der Waals surface area contributed by atoms with Crippen LogP contribution in [-0.2, 0) is 0 Å². The number of amides is 1. The number of fused-ring (bicyclic) bond motifs is 1. The van der Waals surface area contributed by atoms with Crippen LogP contribution in [0.4, 0.5) is 0 Å². The lowest BCUT2D eigenvalue weighted by molar-refractivity contribution is 0.0772. The van der Waals surface area contributed by atoms with E-state index in [1.807, 2.05) is 0 Å². The van der Waals surface area contributed by atoms with Gasteiger partial charge in [-0.1, -0.05) is 29.3 Å². The average molecular weight is 304 g/mol. The summed E-state index contributed by atoms with van der Waals surface area (Å²) in [5.41, 5.74) is 0. The Morgan fingerprint density at radius 2 is 2.17 bits per heavy atom. The van der Waals surface area contributed by atoms with Crippen LogP contribution in [0.5, 0.6) is 0 Å². The van der Waals surface area contributed by atoms with Gasteiger partial charge in [0.2, 0.25) is 0 Å². The lowest BCUT2D eigenvalue weighted by Gasteiger charge is -2.14. The second-order valence-electron chi connectivity index (χ2n) is 3.84. The molecule has 96 valence electrons. The van der Waals surface area contributed by atoms with Crippen molar-refractivity contribution in [2.75, 3.05) is 20.2 Å². The Labute approximate surface area is 119 Å². The molecule has 18 heavy (non-hydrogen) atoms. The molecule has 0 unspecified atom stereocenters. The molecule has 1 heterocycles. The Bertz CT molecular complexity index is 597. The average Bonchev–Trinajstić information content (AvgIpc) is 2.65. The number of aliphatic hydroxyl groups excluding tert-OH is 1. The molecule has 0 aliphatic heterocycles. The van der Waals surface area contributed by atoms with Gasteiger partial charge in [-0.2, -0.15) is 0 Å². The highest BCUT2D eigenvalue weighted by Gasteiger charge is 2.20. The zero-order chi connectivity index (χ0) is 13.3. The summed E-state index contributed by atoms with van der Waals surface area (Å²) in [6.07, 6.45) is 0. The Balaban J connectivity index is 2.45. The van der Waals surface area contributed by atoms with Crippen LogP contribution >= 0.6 is 34.5 Å². The van der Waals surface area contributed by atoms with Crippen LogP contribution in [0.3, 0.4) is 0 Å². The van der Waals surface area contributed by atoms with Crippen LogP contribution in [0.15, 0.2) is 18.2 Å². The maximum atomic E-state index is 12.1. The smallest absolute Gasteiger partial charge is 0.265 e. The second-order valence-corrected chi connectivity index (χ2v) is 5.70. The predicted molar refractivity (Wildman–Crippen MR) is 75.9 cm³/mol. The third-order valence-corrected chi connectivity index (χ3v) is 4.45. The minimum Gasteiger partial charge on any atom is -0.395 e. The van der Waals surface area contributed by atoms with Crippen LogP contribution in [0.2, 0.25) is 10.0 Å². The fourth-order valence-corrected chi connectivity index (χ4v) is 3.38. The lowest BCUT2D eigenvalue weighted by atomic mass is 10.2. The number of hydrogen-bond donors (Lipinski definition) is 1. The van der Waals surface area contributed by atoms with Crippen molar-refractivity contribution in [3.05, 3.63) is 33.1 Å². The van der Waals surface area contributed by atoms with Crippen LogP contribution in [0.25, 0.3) is 10.1 Å². The molecule has 0 aliphatic rings. The SMILES string of the molecule is CN(CCO)C(=O)c1sc2cc(Cl)ccc2c1Cl. The van der Waals surface area contributed by atoms with Crippen LogP contribution in [-0.4, -0.2) is 36.1 Å². The third-order valence-electron chi connectivity index (χ3n) is 2.57. The van der Waals surface area contributed by atoms with Crippen molar-refractivity contribution in [2.45, 2.75) is 0 Å². The molecule has 0 aliphatic carbocycles. The van der Waals surface area contributed by atoms with E-state index in [0.717, 1.165) is 10.1 Å². The molecule has 1 amide bonds. The van der Waals surface area contributed by atoms with Gasteiger partial charge in [0.25, 0.3) is 5.91 Å². The first-order chi connectivity index (χ1) is 8.54. The molecular weight excluding hydrogens is 293 g/mol. The molecule has 3 nitrogen and oxygen atoms in total. The van der Waals surface area contributed by atoms with E-state index in [-0.39, 0.29) is 19.1 Å². The van der Waals surface area contributed by atoms with E-state index in [2.05, 4.69) is 0 Å². The number of halogens is 2. The number of carbonyl (C=O) groups excluding carboxylic acids is 1. The molecule has 1 N–H and O–H groups in total. The first-order valence-electron chi connectivity index (χ1n) is 5.28. The van der Waals surface area contributed by atoms with E-state index in [1.165, 1.54) is 16.2 Å². The van der Waals surface area contributed by atoms with Crippen molar-refractivity contribution in [2.24, 2.45) is 0 Å². The summed E-state index contributed by atoms with van der Waals surface area (Å²) in [6.45, 7) is 0.209. The number of rotatable bonds is 3. The summed E-state index contributed by atoms with van der Waals surface area (Å²) in [5, 5.41) is 10.7. The van der Waals surface area contributed by atoms with Gasteiger partial charge in [-0.15, -0.1) is 11.3 Å². The van der Waals surface area contributed by atoms with E-state index in [0.29, 0.717) is 14.9 Å². The number of carbonyl (C=O) groups is 1. The van der Waals surface area contributed by atoms with Crippen LogP contribution in [0, 0.1) is 0 Å². The van der Waals surface area contributed by atoms with Gasteiger partial charge in [-0.05, 0) is 12.1 Å². The molecule has 1 aromatic heterocycles. The monoisotopic (exact) mass is 303 g/mol. The summed E-state index contributed by atoms with van der Waals surface area (Å²) in [4.78, 5) is 14.0. The fraction of sp³-hybridized carbons (Fsp3) is 0.250. The standard InChI is InChI=1S/C12H11Cl2NO2S/c1-15(4-5-16)12(17)11-10(14)8-3-2-7(13)6-9(8)18-11/h2-3,6,16H,4-5H2,1H3. The third kappa shape index (κ3) is 2.47. The normalized spacial score (nSPS) is 10.9. The molecule has 0 saturated carbocycles. The maximum Gasteiger partial charge on any atom is 0.265 e. The molecule has 0 spiro atoms. The van der Waals surface area contributed by atoms with Gasteiger partial charge in [-0.3, -0.25) is 4.79 Å². The number of likely N-dealkylation sites (N-methyl/N-ethyl adjacent to an activating group) is 1. The maximum absolute atomic E-state index is 12.1. The van der Waals surface area contributed by atoms with Crippen molar-refractivity contribution >= 4 is 50.5 Å². The van der Waals surface area contributed by atoms with Crippen LogP contribution in [0.1, 0.15) is 9.67 Å². The van der Waals surface area contributed by atoms with Gasteiger partial charge in [0.15, 0.2) is 0 Å². The van der Waals surface area contributed by atoms with Crippen molar-refractivity contribution in [1.82, 2.24) is 4.90 Å². The molecular formula is C12H11Cl2NO2S. The predicted octanol–water partition coefficient (Wildman–Crippen LogP) is 3.27. The van der Waals surface area contributed by atoms with Crippen molar-refractivity contribution in [3.8, 4) is 0 Å². The Hall–Kier alpha value is -0.810.